The first-order chi connectivity index (χ1) is 10.0. The van der Waals surface area contributed by atoms with Crippen LogP contribution in [0.25, 0.3) is 0 Å². The number of anilines is 1. The van der Waals surface area contributed by atoms with E-state index in [0.717, 1.165) is 17.4 Å². The van der Waals surface area contributed by atoms with Crippen LogP contribution in [-0.4, -0.2) is 11.6 Å². The lowest BCUT2D eigenvalue weighted by molar-refractivity contribution is -0.141. The van der Waals surface area contributed by atoms with Gasteiger partial charge in [0.05, 0.1) is 18.5 Å². The maximum atomic E-state index is 12.4. The highest BCUT2D eigenvalue weighted by molar-refractivity contribution is 5.44. The van der Waals surface area contributed by atoms with Crippen LogP contribution < -0.4 is 10.1 Å². The van der Waals surface area contributed by atoms with Gasteiger partial charge in [-0.25, -0.2) is 4.98 Å². The molecule has 0 amide bonds. The summed E-state index contributed by atoms with van der Waals surface area (Å²) in [7, 11) is 0. The van der Waals surface area contributed by atoms with Gasteiger partial charge in [0.1, 0.15) is 11.4 Å². The van der Waals surface area contributed by atoms with Crippen molar-refractivity contribution in [2.45, 2.75) is 19.6 Å². The first kappa shape index (κ1) is 15.2. The van der Waals surface area contributed by atoms with Gasteiger partial charge in [-0.2, -0.15) is 13.2 Å². The number of aromatic nitrogens is 1. The smallest absolute Gasteiger partial charge is 0.433 e. The molecular weight excluding hydrogens is 281 g/mol. The molecule has 0 saturated carbocycles. The monoisotopic (exact) mass is 296 g/mol. The topological polar surface area (TPSA) is 34.1 Å². The van der Waals surface area contributed by atoms with E-state index in [4.69, 9.17) is 4.74 Å². The van der Waals surface area contributed by atoms with Crippen molar-refractivity contribution in [3.63, 3.8) is 0 Å². The van der Waals surface area contributed by atoms with E-state index in [9.17, 15) is 13.2 Å². The van der Waals surface area contributed by atoms with Crippen molar-refractivity contribution >= 4 is 5.69 Å². The van der Waals surface area contributed by atoms with Gasteiger partial charge in [0.15, 0.2) is 0 Å². The Morgan fingerprint density at radius 3 is 2.52 bits per heavy atom. The maximum Gasteiger partial charge on any atom is 0.433 e. The molecule has 1 heterocycles. The number of alkyl halides is 3. The molecule has 1 aromatic heterocycles. The Balaban J connectivity index is 2.03. The second kappa shape index (κ2) is 6.47. The second-order valence-corrected chi connectivity index (χ2v) is 4.32. The molecule has 0 aliphatic rings. The summed E-state index contributed by atoms with van der Waals surface area (Å²) in [4.78, 5) is 3.40. The Labute approximate surface area is 120 Å². The third-order valence-electron chi connectivity index (χ3n) is 2.81. The predicted molar refractivity (Wildman–Crippen MR) is 74.2 cm³/mol. The zero-order chi connectivity index (χ0) is 15.3. The molecule has 1 aromatic carbocycles. The fourth-order valence-corrected chi connectivity index (χ4v) is 1.81. The molecule has 0 unspecified atom stereocenters. The molecule has 1 N–H and O–H groups in total. The highest BCUT2D eigenvalue weighted by Gasteiger charge is 2.31. The number of nitrogens with one attached hydrogen (secondary N) is 1. The molecule has 0 saturated heterocycles. The van der Waals surface area contributed by atoms with E-state index >= 15 is 0 Å². The summed E-state index contributed by atoms with van der Waals surface area (Å²) < 4.78 is 42.7. The lowest BCUT2D eigenvalue weighted by atomic mass is 10.2. The van der Waals surface area contributed by atoms with Gasteiger partial charge in [-0.3, -0.25) is 0 Å². The van der Waals surface area contributed by atoms with Crippen LogP contribution in [0.4, 0.5) is 18.9 Å². The minimum atomic E-state index is -4.42. The van der Waals surface area contributed by atoms with E-state index in [1.54, 1.807) is 0 Å². The fraction of sp³-hybridized carbons (Fsp3) is 0.267. The van der Waals surface area contributed by atoms with Crippen LogP contribution in [0.15, 0.2) is 42.6 Å². The van der Waals surface area contributed by atoms with Gasteiger partial charge in [-0.1, -0.05) is 18.2 Å². The van der Waals surface area contributed by atoms with Gasteiger partial charge in [-0.15, -0.1) is 0 Å². The fourth-order valence-electron chi connectivity index (χ4n) is 1.81. The van der Waals surface area contributed by atoms with Gasteiger partial charge in [-0.05, 0) is 25.1 Å². The summed E-state index contributed by atoms with van der Waals surface area (Å²) in [5.74, 6) is 0.757. The molecule has 0 bridgehead atoms. The van der Waals surface area contributed by atoms with Crippen molar-refractivity contribution < 1.29 is 17.9 Å². The Morgan fingerprint density at radius 1 is 1.14 bits per heavy atom. The first-order valence-electron chi connectivity index (χ1n) is 6.48. The van der Waals surface area contributed by atoms with Crippen molar-refractivity contribution in [1.29, 1.82) is 0 Å². The zero-order valence-corrected chi connectivity index (χ0v) is 11.4. The van der Waals surface area contributed by atoms with Gasteiger partial charge in [0.2, 0.25) is 0 Å². The average Bonchev–Trinajstić information content (AvgIpc) is 2.46. The molecule has 0 spiro atoms. The summed E-state index contributed by atoms with van der Waals surface area (Å²) >= 11 is 0. The molecule has 2 aromatic rings. The van der Waals surface area contributed by atoms with Crippen molar-refractivity contribution in [3.8, 4) is 5.75 Å². The quantitative estimate of drug-likeness (QED) is 0.901. The number of halogens is 3. The van der Waals surface area contributed by atoms with Crippen LogP contribution >= 0.6 is 0 Å². The number of hydrogen-bond donors (Lipinski definition) is 1. The van der Waals surface area contributed by atoms with Crippen molar-refractivity contribution in [2.24, 2.45) is 0 Å². The third-order valence-corrected chi connectivity index (χ3v) is 2.81. The van der Waals surface area contributed by atoms with E-state index in [1.807, 2.05) is 31.2 Å². The van der Waals surface area contributed by atoms with Crippen LogP contribution in [0.3, 0.4) is 0 Å². The number of rotatable bonds is 5. The molecule has 0 aliphatic heterocycles. The third kappa shape index (κ3) is 4.11. The van der Waals surface area contributed by atoms with Crippen LogP contribution in [-0.2, 0) is 12.7 Å². The van der Waals surface area contributed by atoms with Crippen LogP contribution in [0.1, 0.15) is 18.2 Å². The Hall–Kier alpha value is -2.24. The summed E-state index contributed by atoms with van der Waals surface area (Å²) in [6.45, 7) is 2.89. The molecular formula is C15H15F3N2O. The summed E-state index contributed by atoms with van der Waals surface area (Å²) in [6.07, 6.45) is -3.24. The number of pyridine rings is 1. The maximum absolute atomic E-state index is 12.4. The zero-order valence-electron chi connectivity index (χ0n) is 11.4. The minimum absolute atomic E-state index is 0.448. The number of ether oxygens (including phenoxy) is 1. The van der Waals surface area contributed by atoms with Gasteiger partial charge in [0.25, 0.3) is 0 Å². The van der Waals surface area contributed by atoms with Gasteiger partial charge >= 0.3 is 6.18 Å². The lowest BCUT2D eigenvalue weighted by Gasteiger charge is -2.12. The Morgan fingerprint density at radius 2 is 1.90 bits per heavy atom. The number of benzene rings is 1. The van der Waals surface area contributed by atoms with E-state index in [-0.39, 0.29) is 0 Å². The second-order valence-electron chi connectivity index (χ2n) is 4.32. The molecule has 3 nitrogen and oxygen atoms in total. The lowest BCUT2D eigenvalue weighted by Crippen LogP contribution is -2.08. The molecule has 2 rings (SSSR count). The van der Waals surface area contributed by atoms with Crippen molar-refractivity contribution in [1.82, 2.24) is 4.98 Å². The Kier molecular flexibility index (Phi) is 4.67. The molecule has 0 aliphatic carbocycles. The minimum Gasteiger partial charge on any atom is -0.494 e. The summed E-state index contributed by atoms with van der Waals surface area (Å²) in [5.41, 5.74) is 0.552. The number of para-hydroxylation sites is 1. The first-order valence-corrected chi connectivity index (χ1v) is 6.48. The van der Waals surface area contributed by atoms with Crippen LogP contribution in [0, 0.1) is 0 Å². The highest BCUT2D eigenvalue weighted by Crippen LogP contribution is 2.28. The van der Waals surface area contributed by atoms with E-state index in [1.165, 1.54) is 12.3 Å². The Bertz CT molecular complexity index is 582. The van der Waals surface area contributed by atoms with Crippen molar-refractivity contribution in [2.75, 3.05) is 11.9 Å². The van der Waals surface area contributed by atoms with Gasteiger partial charge in [0, 0.05) is 12.1 Å². The molecule has 0 radical (unpaired) electrons. The molecule has 0 fully saturated rings. The largest absolute Gasteiger partial charge is 0.494 e. The standard InChI is InChI=1S/C15H15F3N2O/c1-2-21-13-6-4-3-5-11(13)9-19-12-7-8-14(20-10-12)15(16,17)18/h3-8,10,19H,2,9H2,1H3. The molecule has 21 heavy (non-hydrogen) atoms. The average molecular weight is 296 g/mol. The normalized spacial score (nSPS) is 11.2. The molecule has 112 valence electrons. The van der Waals surface area contributed by atoms with E-state index in [2.05, 4.69) is 10.3 Å². The van der Waals surface area contributed by atoms with Crippen LogP contribution in [0.2, 0.25) is 0 Å². The summed E-state index contributed by atoms with van der Waals surface area (Å²) in [5, 5.41) is 3.03. The predicted octanol–water partition coefficient (Wildman–Crippen LogP) is 4.11. The van der Waals surface area contributed by atoms with Crippen molar-refractivity contribution in [3.05, 3.63) is 53.9 Å². The molecule has 0 atom stereocenters. The molecule has 6 heteroatoms. The van der Waals surface area contributed by atoms with Crippen LogP contribution in [0.5, 0.6) is 5.75 Å². The van der Waals surface area contributed by atoms with Gasteiger partial charge < -0.3 is 10.1 Å². The number of hydrogen-bond acceptors (Lipinski definition) is 3. The SMILES string of the molecule is CCOc1ccccc1CNc1ccc(C(F)(F)F)nc1. The van der Waals surface area contributed by atoms with E-state index < -0.39 is 11.9 Å². The number of nitrogens with zero attached hydrogens (tertiary/aromatic N) is 1. The summed E-state index contributed by atoms with van der Waals surface area (Å²) in [6, 6.07) is 9.82. The van der Waals surface area contributed by atoms with E-state index in [0.29, 0.717) is 18.8 Å². The highest BCUT2D eigenvalue weighted by atomic mass is 19.4.